The summed E-state index contributed by atoms with van der Waals surface area (Å²) in [6, 6.07) is -0.946. The number of aldehydes is 1. The SMILES string of the molecule is CCOC(=O)[C@@H]1C[C@@]2(C=O)C[C@H]2N1C(=O)OC(C)(C)C. The Labute approximate surface area is 118 Å². The molecule has 0 bridgehead atoms. The van der Waals surface area contributed by atoms with E-state index in [1.54, 1.807) is 27.7 Å². The Hall–Kier alpha value is -1.59. The smallest absolute Gasteiger partial charge is 0.411 e. The van der Waals surface area contributed by atoms with Crippen molar-refractivity contribution in [3.8, 4) is 0 Å². The van der Waals surface area contributed by atoms with E-state index in [2.05, 4.69) is 0 Å². The molecule has 1 amide bonds. The number of nitrogens with zero attached hydrogens (tertiary/aromatic N) is 1. The molecule has 0 spiro atoms. The summed E-state index contributed by atoms with van der Waals surface area (Å²) in [5.74, 6) is -0.466. The Kier molecular flexibility index (Phi) is 3.52. The van der Waals surface area contributed by atoms with E-state index in [1.165, 1.54) is 4.90 Å². The van der Waals surface area contributed by atoms with Gasteiger partial charge in [-0.25, -0.2) is 9.59 Å². The molecule has 1 saturated heterocycles. The maximum Gasteiger partial charge on any atom is 0.411 e. The van der Waals surface area contributed by atoms with Crippen LogP contribution in [0.2, 0.25) is 0 Å². The molecular formula is C14H21NO5. The van der Waals surface area contributed by atoms with E-state index >= 15 is 0 Å². The molecule has 6 nitrogen and oxygen atoms in total. The second-order valence-electron chi connectivity index (χ2n) is 6.43. The highest BCUT2D eigenvalue weighted by molar-refractivity contribution is 5.86. The maximum atomic E-state index is 12.3. The van der Waals surface area contributed by atoms with Crippen LogP contribution in [0.4, 0.5) is 4.79 Å². The van der Waals surface area contributed by atoms with E-state index in [-0.39, 0.29) is 12.6 Å². The minimum atomic E-state index is -0.714. The van der Waals surface area contributed by atoms with Crippen LogP contribution in [0.3, 0.4) is 0 Å². The number of esters is 1. The second kappa shape index (κ2) is 4.75. The Morgan fingerprint density at radius 3 is 2.50 bits per heavy atom. The minimum Gasteiger partial charge on any atom is -0.464 e. The molecule has 0 N–H and O–H groups in total. The first-order valence-electron chi connectivity index (χ1n) is 6.88. The first-order chi connectivity index (χ1) is 9.24. The van der Waals surface area contributed by atoms with E-state index in [0.717, 1.165) is 6.29 Å². The van der Waals surface area contributed by atoms with Crippen LogP contribution in [0, 0.1) is 5.41 Å². The number of hydrogen-bond acceptors (Lipinski definition) is 5. The summed E-state index contributed by atoms with van der Waals surface area (Å²) in [6.07, 6.45) is 1.24. The molecule has 0 aromatic heterocycles. The molecule has 1 saturated carbocycles. The molecule has 112 valence electrons. The van der Waals surface area contributed by atoms with Gasteiger partial charge in [0.2, 0.25) is 0 Å². The molecule has 0 aromatic carbocycles. The summed E-state index contributed by atoms with van der Waals surface area (Å²) < 4.78 is 10.3. The first-order valence-corrected chi connectivity index (χ1v) is 6.88. The molecule has 1 aliphatic heterocycles. The topological polar surface area (TPSA) is 72.9 Å². The van der Waals surface area contributed by atoms with Gasteiger partial charge in [0.15, 0.2) is 0 Å². The lowest BCUT2D eigenvalue weighted by atomic mass is 10.0. The molecule has 2 aliphatic rings. The van der Waals surface area contributed by atoms with Crippen molar-refractivity contribution in [3.63, 3.8) is 0 Å². The Balaban J connectivity index is 2.17. The molecular weight excluding hydrogens is 262 g/mol. The summed E-state index contributed by atoms with van der Waals surface area (Å²) >= 11 is 0. The summed E-state index contributed by atoms with van der Waals surface area (Å²) in [5, 5.41) is 0. The predicted molar refractivity (Wildman–Crippen MR) is 70.0 cm³/mol. The van der Waals surface area contributed by atoms with E-state index in [1.807, 2.05) is 0 Å². The summed E-state index contributed by atoms with van der Waals surface area (Å²) in [5.41, 5.74) is -1.22. The lowest BCUT2D eigenvalue weighted by Gasteiger charge is -2.29. The monoisotopic (exact) mass is 283 g/mol. The molecule has 0 radical (unpaired) electrons. The van der Waals surface area contributed by atoms with Crippen LogP contribution >= 0.6 is 0 Å². The zero-order chi connectivity index (χ0) is 15.1. The van der Waals surface area contributed by atoms with Gasteiger partial charge in [-0.05, 0) is 40.5 Å². The van der Waals surface area contributed by atoms with Gasteiger partial charge in [-0.15, -0.1) is 0 Å². The largest absolute Gasteiger partial charge is 0.464 e. The molecule has 20 heavy (non-hydrogen) atoms. The number of piperidine rings is 1. The van der Waals surface area contributed by atoms with Gasteiger partial charge in [-0.3, -0.25) is 4.90 Å². The van der Waals surface area contributed by atoms with Gasteiger partial charge in [-0.2, -0.15) is 0 Å². The summed E-state index contributed by atoms with van der Waals surface area (Å²) in [7, 11) is 0. The third-order valence-electron chi connectivity index (χ3n) is 3.72. The van der Waals surface area contributed by atoms with Crippen LogP contribution in [0.1, 0.15) is 40.5 Å². The van der Waals surface area contributed by atoms with Crippen LogP contribution in [-0.4, -0.2) is 47.5 Å². The van der Waals surface area contributed by atoms with Gasteiger partial charge in [0.1, 0.15) is 17.9 Å². The highest BCUT2D eigenvalue weighted by atomic mass is 16.6. The van der Waals surface area contributed by atoms with Crippen molar-refractivity contribution in [1.29, 1.82) is 0 Å². The predicted octanol–water partition coefficient (Wildman–Crippen LogP) is 1.52. The number of carbonyl (C=O) groups excluding carboxylic acids is 3. The number of carbonyl (C=O) groups is 3. The lowest BCUT2D eigenvalue weighted by molar-refractivity contribution is -0.149. The van der Waals surface area contributed by atoms with Crippen molar-refractivity contribution in [2.24, 2.45) is 5.41 Å². The number of hydrogen-bond donors (Lipinski definition) is 0. The molecule has 1 aliphatic carbocycles. The van der Waals surface area contributed by atoms with Gasteiger partial charge in [0, 0.05) is 6.04 Å². The van der Waals surface area contributed by atoms with E-state index in [4.69, 9.17) is 9.47 Å². The lowest BCUT2D eigenvalue weighted by Crippen LogP contribution is -2.46. The van der Waals surface area contributed by atoms with Crippen molar-refractivity contribution in [1.82, 2.24) is 4.90 Å². The van der Waals surface area contributed by atoms with Gasteiger partial charge in [0.25, 0.3) is 0 Å². The maximum absolute atomic E-state index is 12.3. The molecule has 6 heteroatoms. The van der Waals surface area contributed by atoms with Crippen molar-refractivity contribution in [2.75, 3.05) is 6.61 Å². The fraction of sp³-hybridized carbons (Fsp3) is 0.786. The first kappa shape index (κ1) is 14.8. The Morgan fingerprint density at radius 1 is 1.35 bits per heavy atom. The molecule has 2 rings (SSSR count). The molecule has 1 heterocycles. The molecule has 3 atom stereocenters. The van der Waals surface area contributed by atoms with Crippen LogP contribution in [0.15, 0.2) is 0 Å². The van der Waals surface area contributed by atoms with Crippen molar-refractivity contribution in [3.05, 3.63) is 0 Å². The second-order valence-corrected chi connectivity index (χ2v) is 6.43. The molecule has 0 aromatic rings. The Bertz CT molecular complexity index is 441. The van der Waals surface area contributed by atoms with E-state index < -0.39 is 29.1 Å². The number of amides is 1. The van der Waals surface area contributed by atoms with E-state index in [9.17, 15) is 14.4 Å². The van der Waals surface area contributed by atoms with Crippen LogP contribution in [0.25, 0.3) is 0 Å². The van der Waals surface area contributed by atoms with Crippen molar-refractivity contribution < 1.29 is 23.9 Å². The zero-order valence-corrected chi connectivity index (χ0v) is 12.3. The number of rotatable bonds is 3. The zero-order valence-electron chi connectivity index (χ0n) is 12.3. The third-order valence-corrected chi connectivity index (χ3v) is 3.72. The fourth-order valence-electron chi connectivity index (χ4n) is 2.75. The van der Waals surface area contributed by atoms with Crippen molar-refractivity contribution >= 4 is 18.3 Å². The minimum absolute atomic E-state index is 0.232. The van der Waals surface area contributed by atoms with Gasteiger partial charge >= 0.3 is 12.1 Å². The standard InChI is InChI=1S/C14H21NO5/c1-5-19-11(17)9-6-14(8-16)7-10(14)15(9)12(18)20-13(2,3)4/h8-10H,5-7H2,1-4H3/t9-,10+,14-/m0/s1. The van der Waals surface area contributed by atoms with Crippen molar-refractivity contribution in [2.45, 2.75) is 58.2 Å². The quantitative estimate of drug-likeness (QED) is 0.580. The highest BCUT2D eigenvalue weighted by Crippen LogP contribution is 2.58. The molecule has 2 fully saturated rings. The molecule has 0 unspecified atom stereocenters. The summed E-state index contributed by atoms with van der Waals surface area (Å²) in [4.78, 5) is 36.8. The van der Waals surface area contributed by atoms with Crippen LogP contribution in [0.5, 0.6) is 0 Å². The number of fused-ring (bicyclic) bond motifs is 1. The summed E-state index contributed by atoms with van der Waals surface area (Å²) in [6.45, 7) is 7.25. The van der Waals surface area contributed by atoms with Gasteiger partial charge in [0.05, 0.1) is 12.0 Å². The average molecular weight is 283 g/mol. The average Bonchev–Trinajstić information content (AvgIpc) is 2.93. The normalized spacial score (nSPS) is 31.5. The Morgan fingerprint density at radius 2 is 2.00 bits per heavy atom. The van der Waals surface area contributed by atoms with Gasteiger partial charge in [-0.1, -0.05) is 0 Å². The van der Waals surface area contributed by atoms with Crippen LogP contribution in [-0.2, 0) is 19.1 Å². The number of ether oxygens (including phenoxy) is 2. The van der Waals surface area contributed by atoms with E-state index in [0.29, 0.717) is 12.8 Å². The third kappa shape index (κ3) is 2.51. The fourth-order valence-corrected chi connectivity index (χ4v) is 2.75. The number of likely N-dealkylation sites (tertiary alicyclic amines) is 1. The highest BCUT2D eigenvalue weighted by Gasteiger charge is 2.68. The van der Waals surface area contributed by atoms with Crippen LogP contribution < -0.4 is 0 Å². The van der Waals surface area contributed by atoms with Gasteiger partial charge < -0.3 is 14.3 Å².